The molecule has 0 saturated carbocycles. The number of furan rings is 1. The summed E-state index contributed by atoms with van der Waals surface area (Å²) in [6, 6.07) is 20.7. The lowest BCUT2D eigenvalue weighted by Gasteiger charge is -2.31. The van der Waals surface area contributed by atoms with E-state index in [9.17, 15) is 0 Å². The summed E-state index contributed by atoms with van der Waals surface area (Å²) in [6.07, 6.45) is 3.73. The molecule has 29 heavy (non-hydrogen) atoms. The third-order valence-corrected chi connectivity index (χ3v) is 5.79. The van der Waals surface area contributed by atoms with Gasteiger partial charge < -0.3 is 13.9 Å². The maximum Gasteiger partial charge on any atom is 0.520 e. The molecule has 0 atom stereocenters. The summed E-state index contributed by atoms with van der Waals surface area (Å²) in [6.45, 7) is 5.68. The lowest BCUT2D eigenvalue weighted by atomic mass is 9.65. The van der Waals surface area contributed by atoms with Crippen LogP contribution in [0, 0.1) is 0 Å². The number of hydrogen-bond donors (Lipinski definition) is 0. The molecule has 0 unspecified atom stereocenters. The van der Waals surface area contributed by atoms with Crippen LogP contribution in [0.15, 0.2) is 87.8 Å². The lowest BCUT2D eigenvalue weighted by molar-refractivity contribution is 0.599. The van der Waals surface area contributed by atoms with Crippen LogP contribution in [0.25, 0.3) is 27.5 Å². The van der Waals surface area contributed by atoms with Crippen molar-refractivity contribution in [3.63, 3.8) is 0 Å². The second-order valence-corrected chi connectivity index (χ2v) is 7.37. The summed E-state index contributed by atoms with van der Waals surface area (Å²) in [4.78, 5) is 6.14. The van der Waals surface area contributed by atoms with E-state index in [1.54, 1.807) is 6.20 Å². The fourth-order valence-electron chi connectivity index (χ4n) is 4.47. The third-order valence-electron chi connectivity index (χ3n) is 5.79. The molecule has 0 amide bonds. The third kappa shape index (κ3) is 2.18. The Morgan fingerprint density at radius 1 is 0.966 bits per heavy atom. The van der Waals surface area contributed by atoms with Gasteiger partial charge in [0.2, 0.25) is 0 Å². The molecular weight excluding hydrogens is 359 g/mol. The SMILES string of the molecule is C=N/C=C\C1=C(C)B2Oc3cc4c(cc3N2c2ccccc21)oc1ccccc14. The van der Waals surface area contributed by atoms with Crippen LogP contribution >= 0.6 is 0 Å². The average molecular weight is 376 g/mol. The van der Waals surface area contributed by atoms with E-state index in [-0.39, 0.29) is 7.05 Å². The molecule has 138 valence electrons. The van der Waals surface area contributed by atoms with Crippen molar-refractivity contribution in [2.45, 2.75) is 6.92 Å². The Kier molecular flexibility index (Phi) is 3.30. The van der Waals surface area contributed by atoms with Gasteiger partial charge in [-0.2, -0.15) is 0 Å². The van der Waals surface area contributed by atoms with E-state index in [4.69, 9.17) is 9.07 Å². The first kappa shape index (κ1) is 16.2. The maximum absolute atomic E-state index is 6.46. The lowest BCUT2D eigenvalue weighted by Crippen LogP contribution is -2.40. The van der Waals surface area contributed by atoms with Crippen molar-refractivity contribution in [3.8, 4) is 5.75 Å². The van der Waals surface area contributed by atoms with Crippen molar-refractivity contribution in [1.29, 1.82) is 0 Å². The average Bonchev–Trinajstić information content (AvgIpc) is 3.30. The van der Waals surface area contributed by atoms with Crippen molar-refractivity contribution in [2.24, 2.45) is 4.99 Å². The van der Waals surface area contributed by atoms with Gasteiger partial charge in [0, 0.05) is 34.3 Å². The van der Waals surface area contributed by atoms with Gasteiger partial charge in [0.25, 0.3) is 0 Å². The molecule has 0 bridgehead atoms. The van der Waals surface area contributed by atoms with E-state index in [1.807, 2.05) is 24.3 Å². The summed E-state index contributed by atoms with van der Waals surface area (Å²) < 4.78 is 12.6. The van der Waals surface area contributed by atoms with Gasteiger partial charge in [-0.3, -0.25) is 4.99 Å². The van der Waals surface area contributed by atoms with Crippen LogP contribution in [-0.2, 0) is 0 Å². The number of allylic oxidation sites excluding steroid dienone is 3. The number of nitrogens with zero attached hydrogens (tertiary/aromatic N) is 2. The predicted molar refractivity (Wildman–Crippen MR) is 120 cm³/mol. The van der Waals surface area contributed by atoms with Crippen molar-refractivity contribution in [3.05, 3.63) is 84.0 Å². The Bertz CT molecular complexity index is 1380. The van der Waals surface area contributed by atoms with Gasteiger partial charge in [0.05, 0.1) is 5.69 Å². The molecular formula is C24H17BN2O2. The zero-order valence-electron chi connectivity index (χ0n) is 15.9. The number of benzene rings is 3. The minimum atomic E-state index is -0.192. The van der Waals surface area contributed by atoms with Crippen LogP contribution in [0.1, 0.15) is 12.5 Å². The number of aliphatic imine (C=N–C) groups is 1. The summed E-state index contributed by atoms with van der Waals surface area (Å²) >= 11 is 0. The van der Waals surface area contributed by atoms with Crippen LogP contribution in [0.2, 0.25) is 0 Å². The Morgan fingerprint density at radius 3 is 2.69 bits per heavy atom. The molecule has 4 nitrogen and oxygen atoms in total. The highest BCUT2D eigenvalue weighted by Crippen LogP contribution is 2.50. The monoisotopic (exact) mass is 376 g/mol. The number of fused-ring (bicyclic) bond motifs is 8. The van der Waals surface area contributed by atoms with Gasteiger partial charge in [0.1, 0.15) is 16.9 Å². The number of hydrogen-bond acceptors (Lipinski definition) is 4. The molecule has 6 rings (SSSR count). The first-order valence-electron chi connectivity index (χ1n) is 9.60. The summed E-state index contributed by atoms with van der Waals surface area (Å²) in [5.74, 6) is 0.871. The highest BCUT2D eigenvalue weighted by Gasteiger charge is 2.44. The molecule has 2 aliphatic rings. The van der Waals surface area contributed by atoms with Crippen LogP contribution in [-0.4, -0.2) is 13.8 Å². The zero-order chi connectivity index (χ0) is 19.5. The second-order valence-electron chi connectivity index (χ2n) is 7.37. The van der Waals surface area contributed by atoms with E-state index in [0.717, 1.165) is 55.7 Å². The topological polar surface area (TPSA) is 38.0 Å². The minimum Gasteiger partial charge on any atom is -0.536 e. The zero-order valence-corrected chi connectivity index (χ0v) is 15.9. The fourth-order valence-corrected chi connectivity index (χ4v) is 4.47. The fraction of sp³-hybridized carbons (Fsp3) is 0.0417. The van der Waals surface area contributed by atoms with Gasteiger partial charge in [-0.25, -0.2) is 0 Å². The standard InChI is InChI=1S/C24H17BN2O2/c1-15-16(11-12-26-2)17-7-3-5-9-20(17)27-21-14-23-19(13-24(21)29-25(15)27)18-8-4-6-10-22(18)28-23/h3-14H,2H2,1H3/b12-11-. The summed E-state index contributed by atoms with van der Waals surface area (Å²) in [5.41, 5.74) is 7.32. The van der Waals surface area contributed by atoms with Crippen molar-refractivity contribution in [2.75, 3.05) is 4.81 Å². The van der Waals surface area contributed by atoms with Crippen LogP contribution < -0.4 is 9.47 Å². The molecule has 0 spiro atoms. The molecule has 0 N–H and O–H groups in total. The minimum absolute atomic E-state index is 0.192. The quantitative estimate of drug-likeness (QED) is 0.311. The summed E-state index contributed by atoms with van der Waals surface area (Å²) in [7, 11) is -0.192. The van der Waals surface area contributed by atoms with Crippen molar-refractivity contribution >= 4 is 52.7 Å². The number of anilines is 2. The first-order chi connectivity index (χ1) is 14.3. The van der Waals surface area contributed by atoms with Crippen LogP contribution in [0.5, 0.6) is 5.75 Å². The smallest absolute Gasteiger partial charge is 0.520 e. The normalized spacial score (nSPS) is 15.1. The van der Waals surface area contributed by atoms with Gasteiger partial charge in [-0.15, -0.1) is 0 Å². The van der Waals surface area contributed by atoms with E-state index in [1.165, 1.54) is 0 Å². The maximum atomic E-state index is 6.46. The molecule has 1 aromatic heterocycles. The Hall–Kier alpha value is -3.73. The molecule has 0 aliphatic carbocycles. The van der Waals surface area contributed by atoms with E-state index in [0.29, 0.717) is 0 Å². The van der Waals surface area contributed by atoms with Crippen molar-refractivity contribution in [1.82, 2.24) is 0 Å². The highest BCUT2D eigenvalue weighted by molar-refractivity contribution is 6.70. The van der Waals surface area contributed by atoms with Crippen molar-refractivity contribution < 1.29 is 9.07 Å². The van der Waals surface area contributed by atoms with Crippen LogP contribution in [0.3, 0.4) is 0 Å². The second kappa shape index (κ2) is 5.88. The highest BCUT2D eigenvalue weighted by atomic mass is 16.5. The molecule has 3 aromatic carbocycles. The van der Waals surface area contributed by atoms with E-state index >= 15 is 0 Å². The van der Waals surface area contributed by atoms with Crippen LogP contribution in [0.4, 0.5) is 11.4 Å². The predicted octanol–water partition coefficient (Wildman–Crippen LogP) is 6.15. The van der Waals surface area contributed by atoms with Gasteiger partial charge in [-0.05, 0) is 49.0 Å². The molecule has 0 fully saturated rings. The molecule has 2 aliphatic heterocycles. The van der Waals surface area contributed by atoms with E-state index in [2.05, 4.69) is 65.9 Å². The van der Waals surface area contributed by atoms with Gasteiger partial charge >= 0.3 is 7.05 Å². The Morgan fingerprint density at radius 2 is 1.79 bits per heavy atom. The van der Waals surface area contributed by atoms with Gasteiger partial charge in [0.15, 0.2) is 0 Å². The molecule has 0 radical (unpaired) electrons. The molecule has 5 heteroatoms. The van der Waals surface area contributed by atoms with E-state index < -0.39 is 0 Å². The molecule has 0 saturated heterocycles. The number of para-hydroxylation sites is 2. The molecule has 3 heterocycles. The first-order valence-corrected chi connectivity index (χ1v) is 9.60. The summed E-state index contributed by atoms with van der Waals surface area (Å²) in [5, 5.41) is 2.18. The van der Waals surface area contributed by atoms with Gasteiger partial charge in [-0.1, -0.05) is 36.4 Å². The number of rotatable bonds is 2. The molecule has 4 aromatic rings. The largest absolute Gasteiger partial charge is 0.536 e. The Balaban J connectivity index is 1.60. The Labute approximate surface area is 168 Å².